The fraction of sp³-hybridized carbons (Fsp3) is 0.588. The summed E-state index contributed by atoms with van der Waals surface area (Å²) in [5.41, 5.74) is 0.829. The molecule has 3 rings (SSSR count). The molecule has 0 radical (unpaired) electrons. The molecule has 0 aromatic carbocycles. The van der Waals surface area contributed by atoms with Gasteiger partial charge < -0.3 is 10.2 Å². The quantitative estimate of drug-likeness (QED) is 0.814. The molecule has 1 aromatic heterocycles. The summed E-state index contributed by atoms with van der Waals surface area (Å²) < 4.78 is 0. The summed E-state index contributed by atoms with van der Waals surface area (Å²) in [5.74, 6) is 0.117. The highest BCUT2D eigenvalue weighted by atomic mass is 32.1. The number of nitrogens with zero attached hydrogens (tertiary/aromatic N) is 3. The van der Waals surface area contributed by atoms with E-state index in [1.54, 1.807) is 23.5 Å². The maximum absolute atomic E-state index is 12.3. The second-order valence-electron chi connectivity index (χ2n) is 6.44. The topological polar surface area (TPSA) is 65.5 Å². The van der Waals surface area contributed by atoms with Crippen LogP contribution in [0.25, 0.3) is 6.08 Å². The van der Waals surface area contributed by atoms with Crippen molar-refractivity contribution in [3.8, 4) is 0 Å². The maximum Gasteiger partial charge on any atom is 0.246 e. The first kappa shape index (κ1) is 17.1. The number of rotatable bonds is 5. The van der Waals surface area contributed by atoms with E-state index in [-0.39, 0.29) is 17.9 Å². The Labute approximate surface area is 146 Å². The van der Waals surface area contributed by atoms with Gasteiger partial charge in [0.15, 0.2) is 0 Å². The number of amides is 2. The molecular weight excluding hydrogens is 324 g/mol. The SMILES string of the molecule is Cc1nc(/C=C/C(=O)N2CCN(C(C)C(=O)NC3CC3)CC2)cs1. The molecule has 6 nitrogen and oxygen atoms in total. The van der Waals surface area contributed by atoms with E-state index in [1.165, 1.54) is 0 Å². The molecular formula is C17H24N4O2S. The maximum atomic E-state index is 12.3. The van der Waals surface area contributed by atoms with Crippen molar-refractivity contribution >= 4 is 29.2 Å². The largest absolute Gasteiger partial charge is 0.352 e. The molecule has 7 heteroatoms. The number of piperazine rings is 1. The molecule has 1 aliphatic carbocycles. The van der Waals surface area contributed by atoms with Crippen molar-refractivity contribution < 1.29 is 9.59 Å². The number of hydrogen-bond donors (Lipinski definition) is 1. The zero-order valence-corrected chi connectivity index (χ0v) is 15.0. The second kappa shape index (κ2) is 7.44. The van der Waals surface area contributed by atoms with E-state index in [1.807, 2.05) is 24.1 Å². The molecule has 0 spiro atoms. The zero-order valence-electron chi connectivity index (χ0n) is 14.2. The van der Waals surface area contributed by atoms with Gasteiger partial charge in [0.1, 0.15) is 0 Å². The van der Waals surface area contributed by atoms with Crippen LogP contribution in [-0.2, 0) is 9.59 Å². The Hall–Kier alpha value is -1.73. The number of thiazole rings is 1. The number of carbonyl (C=O) groups excluding carboxylic acids is 2. The Morgan fingerprint density at radius 3 is 2.62 bits per heavy atom. The number of aromatic nitrogens is 1. The predicted octanol–water partition coefficient (Wildman–Crippen LogP) is 1.28. The summed E-state index contributed by atoms with van der Waals surface area (Å²) >= 11 is 1.57. The van der Waals surface area contributed by atoms with Crippen LogP contribution in [0.1, 0.15) is 30.5 Å². The standard InChI is InChI=1S/C17H24N4O2S/c1-12(17(23)19-14-3-4-14)20-7-9-21(10-8-20)16(22)6-5-15-11-24-13(2)18-15/h5-6,11-12,14H,3-4,7-10H2,1-2H3,(H,19,23)/b6-5+. The molecule has 1 aromatic rings. The zero-order chi connectivity index (χ0) is 17.1. The molecule has 1 saturated carbocycles. The van der Waals surface area contributed by atoms with E-state index in [0.29, 0.717) is 19.1 Å². The van der Waals surface area contributed by atoms with Gasteiger partial charge in [-0.1, -0.05) is 0 Å². The third-order valence-electron chi connectivity index (χ3n) is 4.51. The monoisotopic (exact) mass is 348 g/mol. The minimum absolute atomic E-state index is 0.00962. The molecule has 1 N–H and O–H groups in total. The van der Waals surface area contributed by atoms with Gasteiger partial charge >= 0.3 is 0 Å². The van der Waals surface area contributed by atoms with Gasteiger partial charge in [-0.15, -0.1) is 11.3 Å². The van der Waals surface area contributed by atoms with Gasteiger partial charge in [-0.3, -0.25) is 14.5 Å². The smallest absolute Gasteiger partial charge is 0.246 e. The van der Waals surface area contributed by atoms with Gasteiger partial charge in [0.25, 0.3) is 0 Å². The van der Waals surface area contributed by atoms with Gasteiger partial charge in [-0.2, -0.15) is 0 Å². The van der Waals surface area contributed by atoms with Gasteiger partial charge in [0.05, 0.1) is 16.7 Å². The minimum Gasteiger partial charge on any atom is -0.352 e. The summed E-state index contributed by atoms with van der Waals surface area (Å²) in [7, 11) is 0. The van der Waals surface area contributed by atoms with Crippen molar-refractivity contribution in [1.29, 1.82) is 0 Å². The number of carbonyl (C=O) groups is 2. The summed E-state index contributed by atoms with van der Waals surface area (Å²) in [6, 6.07) is 0.263. The summed E-state index contributed by atoms with van der Waals surface area (Å²) in [6.07, 6.45) is 5.56. The molecule has 2 amide bonds. The first-order valence-electron chi connectivity index (χ1n) is 8.46. The molecule has 2 aliphatic rings. The molecule has 1 atom stereocenters. The van der Waals surface area contributed by atoms with Crippen LogP contribution in [0, 0.1) is 6.92 Å². The van der Waals surface area contributed by atoms with E-state index in [2.05, 4.69) is 15.2 Å². The lowest BCUT2D eigenvalue weighted by molar-refractivity contribution is -0.130. The summed E-state index contributed by atoms with van der Waals surface area (Å²) in [5, 5.41) is 5.98. The van der Waals surface area contributed by atoms with Crippen molar-refractivity contribution in [3.05, 3.63) is 22.2 Å². The van der Waals surface area contributed by atoms with Crippen LogP contribution >= 0.6 is 11.3 Å². The lowest BCUT2D eigenvalue weighted by Crippen LogP contribution is -2.55. The average Bonchev–Trinajstić information content (AvgIpc) is 3.31. The van der Waals surface area contributed by atoms with Crippen LogP contribution in [0.2, 0.25) is 0 Å². The summed E-state index contributed by atoms with van der Waals surface area (Å²) in [6.45, 7) is 6.66. The summed E-state index contributed by atoms with van der Waals surface area (Å²) in [4.78, 5) is 32.7. The van der Waals surface area contributed by atoms with Crippen LogP contribution in [0.15, 0.2) is 11.5 Å². The number of aryl methyl sites for hydroxylation is 1. The normalized spacial score (nSPS) is 20.3. The predicted molar refractivity (Wildman–Crippen MR) is 94.7 cm³/mol. The van der Waals surface area contributed by atoms with Gasteiger partial charge in [0, 0.05) is 43.7 Å². The van der Waals surface area contributed by atoms with E-state index in [4.69, 9.17) is 0 Å². The first-order chi connectivity index (χ1) is 11.5. The molecule has 0 bridgehead atoms. The van der Waals surface area contributed by atoms with Crippen LogP contribution in [0.4, 0.5) is 0 Å². The van der Waals surface area contributed by atoms with E-state index in [9.17, 15) is 9.59 Å². The fourth-order valence-corrected chi connectivity index (χ4v) is 3.34. The molecule has 1 saturated heterocycles. The van der Waals surface area contributed by atoms with Crippen LogP contribution in [0.3, 0.4) is 0 Å². The Kier molecular flexibility index (Phi) is 5.30. The molecule has 2 fully saturated rings. The molecule has 1 unspecified atom stereocenters. The number of nitrogens with one attached hydrogen (secondary N) is 1. The highest BCUT2D eigenvalue weighted by Crippen LogP contribution is 2.19. The molecule has 24 heavy (non-hydrogen) atoms. The number of hydrogen-bond acceptors (Lipinski definition) is 5. The van der Waals surface area contributed by atoms with Crippen molar-refractivity contribution in [2.75, 3.05) is 26.2 Å². The van der Waals surface area contributed by atoms with Crippen molar-refractivity contribution in [2.45, 2.75) is 38.8 Å². The van der Waals surface area contributed by atoms with E-state index >= 15 is 0 Å². The lowest BCUT2D eigenvalue weighted by Gasteiger charge is -2.37. The highest BCUT2D eigenvalue weighted by Gasteiger charge is 2.30. The van der Waals surface area contributed by atoms with Crippen LogP contribution in [0.5, 0.6) is 0 Å². The third-order valence-corrected chi connectivity index (χ3v) is 5.30. The molecule has 130 valence electrons. The van der Waals surface area contributed by atoms with Crippen molar-refractivity contribution in [2.24, 2.45) is 0 Å². The van der Waals surface area contributed by atoms with E-state index < -0.39 is 0 Å². The van der Waals surface area contributed by atoms with Gasteiger partial charge in [0.2, 0.25) is 11.8 Å². The Balaban J connectivity index is 1.46. The first-order valence-corrected chi connectivity index (χ1v) is 9.34. The highest BCUT2D eigenvalue weighted by molar-refractivity contribution is 7.09. The lowest BCUT2D eigenvalue weighted by atomic mass is 10.2. The molecule has 2 heterocycles. The van der Waals surface area contributed by atoms with Gasteiger partial charge in [-0.05, 0) is 32.8 Å². The Bertz CT molecular complexity index is 630. The van der Waals surface area contributed by atoms with Crippen LogP contribution in [-0.4, -0.2) is 64.9 Å². The third kappa shape index (κ3) is 4.42. The van der Waals surface area contributed by atoms with Crippen molar-refractivity contribution in [3.63, 3.8) is 0 Å². The molecule has 1 aliphatic heterocycles. The van der Waals surface area contributed by atoms with Crippen LogP contribution < -0.4 is 5.32 Å². The van der Waals surface area contributed by atoms with Crippen molar-refractivity contribution in [1.82, 2.24) is 20.1 Å². The van der Waals surface area contributed by atoms with Gasteiger partial charge in [-0.25, -0.2) is 4.98 Å². The Morgan fingerprint density at radius 1 is 1.33 bits per heavy atom. The fourth-order valence-electron chi connectivity index (χ4n) is 2.76. The average molecular weight is 348 g/mol. The van der Waals surface area contributed by atoms with E-state index in [0.717, 1.165) is 36.6 Å². The Morgan fingerprint density at radius 2 is 2.04 bits per heavy atom. The second-order valence-corrected chi connectivity index (χ2v) is 7.51. The minimum atomic E-state index is -0.128.